The first-order valence-corrected chi connectivity index (χ1v) is 17.6. The van der Waals surface area contributed by atoms with E-state index in [1.165, 1.54) is 43.4 Å². The summed E-state index contributed by atoms with van der Waals surface area (Å²) in [5.41, 5.74) is 8.51. The minimum atomic E-state index is 0.0214. The number of anilines is 3. The van der Waals surface area contributed by atoms with Crippen molar-refractivity contribution < 1.29 is 9.15 Å². The number of benzene rings is 8. The number of fused-ring (bicyclic) bond motifs is 13. The van der Waals surface area contributed by atoms with Gasteiger partial charge in [0.2, 0.25) is 0 Å². The molecule has 1 aromatic heterocycles. The molecule has 2 atom stereocenters. The molecule has 0 spiro atoms. The van der Waals surface area contributed by atoms with Crippen LogP contribution in [-0.2, 0) is 0 Å². The topological polar surface area (TPSA) is 25.6 Å². The number of para-hydroxylation sites is 2. The zero-order valence-corrected chi connectivity index (χ0v) is 27.7. The third kappa shape index (κ3) is 4.18. The fraction of sp³-hybridized carbons (Fsp3) is 0.0417. The highest BCUT2D eigenvalue weighted by atomic mass is 16.5. The fourth-order valence-corrected chi connectivity index (χ4v) is 8.58. The van der Waals surface area contributed by atoms with E-state index in [-0.39, 0.29) is 12.0 Å². The molecular weight excluding hydrogens is 623 g/mol. The summed E-state index contributed by atoms with van der Waals surface area (Å²) in [6.07, 6.45) is 8.74. The summed E-state index contributed by atoms with van der Waals surface area (Å²) in [6, 6.07) is 54.4. The average molecular weight is 654 g/mol. The SMILES string of the molecule is C1=CC2Oc3ccc4c5cccc(N(c6cccc(-c7ccccc7)c6)c6cccc7c6oc6ccccc67)c5c5ccccc5c4c3C2C=C1. The first kappa shape index (κ1) is 28.3. The number of furan rings is 1. The van der Waals surface area contributed by atoms with Gasteiger partial charge in [0.25, 0.3) is 0 Å². The number of allylic oxidation sites excluding steroid dienone is 2. The van der Waals surface area contributed by atoms with Crippen molar-refractivity contribution in [3.8, 4) is 16.9 Å². The Hall–Kier alpha value is -6.58. The summed E-state index contributed by atoms with van der Waals surface area (Å²) < 4.78 is 13.2. The monoisotopic (exact) mass is 653 g/mol. The molecule has 0 bridgehead atoms. The predicted octanol–water partition coefficient (Wildman–Crippen LogP) is 13.2. The van der Waals surface area contributed by atoms with E-state index in [1.807, 2.05) is 6.07 Å². The number of ether oxygens (including phenoxy) is 1. The molecule has 9 aromatic rings. The molecule has 1 aliphatic heterocycles. The van der Waals surface area contributed by atoms with E-state index in [9.17, 15) is 0 Å². The van der Waals surface area contributed by atoms with Crippen molar-refractivity contribution in [3.05, 3.63) is 182 Å². The molecule has 8 aromatic carbocycles. The highest BCUT2D eigenvalue weighted by molar-refractivity contribution is 6.30. The van der Waals surface area contributed by atoms with Gasteiger partial charge in [-0.2, -0.15) is 0 Å². The standard InChI is InChI=1S/C48H31NO2/c1-2-13-30(14-3-1)31-15-10-16-32(29-31)49(41-24-12-22-38-33-17-6-8-25-42(33)51-48(38)41)40-23-11-21-35-37-27-28-44-47(39-20-7-9-26-43(39)50-44)46(37)36-19-5-4-18-34(36)45(35)40/h1-29,39,43H. The maximum atomic E-state index is 6.73. The van der Waals surface area contributed by atoms with Crippen molar-refractivity contribution >= 4 is 71.3 Å². The minimum absolute atomic E-state index is 0.0214. The summed E-state index contributed by atoms with van der Waals surface area (Å²) in [5.74, 6) is 1.16. The van der Waals surface area contributed by atoms with Gasteiger partial charge >= 0.3 is 0 Å². The third-order valence-electron chi connectivity index (χ3n) is 10.8. The van der Waals surface area contributed by atoms with Crippen molar-refractivity contribution in [2.75, 3.05) is 4.90 Å². The van der Waals surface area contributed by atoms with Crippen molar-refractivity contribution in [1.82, 2.24) is 0 Å². The molecule has 11 rings (SSSR count). The van der Waals surface area contributed by atoms with Crippen LogP contribution in [0.15, 0.2) is 180 Å². The lowest BCUT2D eigenvalue weighted by atomic mass is 9.84. The number of nitrogens with zero attached hydrogens (tertiary/aromatic N) is 1. The third-order valence-corrected chi connectivity index (χ3v) is 10.8. The van der Waals surface area contributed by atoms with Gasteiger partial charge in [0.1, 0.15) is 17.4 Å². The van der Waals surface area contributed by atoms with E-state index in [0.29, 0.717) is 0 Å². The van der Waals surface area contributed by atoms with Crippen molar-refractivity contribution in [2.24, 2.45) is 0 Å². The second-order valence-corrected chi connectivity index (χ2v) is 13.5. The van der Waals surface area contributed by atoms with Gasteiger partial charge in [-0.15, -0.1) is 0 Å². The summed E-state index contributed by atoms with van der Waals surface area (Å²) in [4.78, 5) is 2.40. The van der Waals surface area contributed by atoms with E-state index in [0.717, 1.165) is 50.3 Å². The van der Waals surface area contributed by atoms with Crippen LogP contribution in [0, 0.1) is 0 Å². The Morgan fingerprint density at radius 3 is 1.98 bits per heavy atom. The van der Waals surface area contributed by atoms with Crippen molar-refractivity contribution in [3.63, 3.8) is 0 Å². The van der Waals surface area contributed by atoms with Gasteiger partial charge in [-0.1, -0.05) is 133 Å². The molecule has 2 unspecified atom stereocenters. The van der Waals surface area contributed by atoms with Crippen LogP contribution in [-0.4, -0.2) is 6.10 Å². The van der Waals surface area contributed by atoms with Crippen molar-refractivity contribution in [2.45, 2.75) is 12.0 Å². The molecule has 0 amide bonds. The smallest absolute Gasteiger partial charge is 0.159 e. The Balaban J connectivity index is 1.25. The molecule has 0 fully saturated rings. The molecule has 2 heterocycles. The maximum Gasteiger partial charge on any atom is 0.159 e. The fourth-order valence-electron chi connectivity index (χ4n) is 8.58. The molecular formula is C48H31NO2. The molecule has 0 saturated heterocycles. The molecule has 240 valence electrons. The zero-order valence-electron chi connectivity index (χ0n) is 27.7. The maximum absolute atomic E-state index is 6.73. The highest BCUT2D eigenvalue weighted by Gasteiger charge is 2.35. The van der Waals surface area contributed by atoms with Crippen LogP contribution in [0.25, 0.3) is 65.4 Å². The molecule has 1 aliphatic carbocycles. The lowest BCUT2D eigenvalue weighted by Crippen LogP contribution is -2.15. The van der Waals surface area contributed by atoms with Gasteiger partial charge in [0.15, 0.2) is 5.58 Å². The summed E-state index contributed by atoms with van der Waals surface area (Å²) >= 11 is 0. The van der Waals surface area contributed by atoms with Gasteiger partial charge in [-0.3, -0.25) is 0 Å². The normalized spacial score (nSPS) is 16.2. The van der Waals surface area contributed by atoms with E-state index in [4.69, 9.17) is 9.15 Å². The Morgan fingerprint density at radius 2 is 1.12 bits per heavy atom. The van der Waals surface area contributed by atoms with Crippen LogP contribution in [0.1, 0.15) is 11.5 Å². The molecule has 51 heavy (non-hydrogen) atoms. The molecule has 0 N–H and O–H groups in total. The minimum Gasteiger partial charge on any atom is -0.485 e. The first-order chi connectivity index (χ1) is 25.3. The largest absolute Gasteiger partial charge is 0.485 e. The Morgan fingerprint density at radius 1 is 0.471 bits per heavy atom. The van der Waals surface area contributed by atoms with Crippen LogP contribution in [0.2, 0.25) is 0 Å². The van der Waals surface area contributed by atoms with Crippen LogP contribution in [0.4, 0.5) is 17.1 Å². The van der Waals surface area contributed by atoms with Crippen LogP contribution in [0.3, 0.4) is 0 Å². The second-order valence-electron chi connectivity index (χ2n) is 13.5. The quantitative estimate of drug-likeness (QED) is 0.177. The lowest BCUT2D eigenvalue weighted by molar-refractivity contribution is 0.269. The van der Waals surface area contributed by atoms with Crippen LogP contribution < -0.4 is 9.64 Å². The van der Waals surface area contributed by atoms with Gasteiger partial charge in [-0.05, 0) is 80.5 Å². The Kier molecular flexibility index (Phi) is 6.08. The van der Waals surface area contributed by atoms with Crippen LogP contribution >= 0.6 is 0 Å². The summed E-state index contributed by atoms with van der Waals surface area (Å²) in [5, 5.41) is 9.58. The number of hydrogen-bond donors (Lipinski definition) is 0. The predicted molar refractivity (Wildman–Crippen MR) is 212 cm³/mol. The Labute approximate surface area is 294 Å². The molecule has 3 heteroatoms. The van der Waals surface area contributed by atoms with E-state index in [2.05, 4.69) is 175 Å². The zero-order chi connectivity index (χ0) is 33.5. The van der Waals surface area contributed by atoms with Gasteiger partial charge in [0, 0.05) is 33.3 Å². The number of hydrogen-bond acceptors (Lipinski definition) is 3. The molecule has 3 nitrogen and oxygen atoms in total. The van der Waals surface area contributed by atoms with E-state index in [1.54, 1.807) is 0 Å². The first-order valence-electron chi connectivity index (χ1n) is 17.6. The molecule has 0 radical (unpaired) electrons. The Bertz CT molecular complexity index is 2890. The van der Waals surface area contributed by atoms with Gasteiger partial charge in [0.05, 0.1) is 11.4 Å². The van der Waals surface area contributed by atoms with Crippen LogP contribution in [0.5, 0.6) is 5.75 Å². The average Bonchev–Trinajstić information content (AvgIpc) is 3.78. The second kappa shape index (κ2) is 11.0. The highest BCUT2D eigenvalue weighted by Crippen LogP contribution is 2.52. The molecule has 0 saturated carbocycles. The summed E-state index contributed by atoms with van der Waals surface area (Å²) in [6.45, 7) is 0. The lowest BCUT2D eigenvalue weighted by Gasteiger charge is -2.28. The molecule has 2 aliphatic rings. The van der Waals surface area contributed by atoms with E-state index >= 15 is 0 Å². The van der Waals surface area contributed by atoms with Crippen molar-refractivity contribution in [1.29, 1.82) is 0 Å². The van der Waals surface area contributed by atoms with Gasteiger partial charge in [-0.25, -0.2) is 0 Å². The van der Waals surface area contributed by atoms with Gasteiger partial charge < -0.3 is 14.1 Å². The summed E-state index contributed by atoms with van der Waals surface area (Å²) in [7, 11) is 0. The number of rotatable bonds is 4. The van der Waals surface area contributed by atoms with E-state index < -0.39 is 0 Å².